The van der Waals surface area contributed by atoms with E-state index in [2.05, 4.69) is 5.32 Å². The Morgan fingerprint density at radius 1 is 1.10 bits per heavy atom. The maximum Gasteiger partial charge on any atom is 0.255 e. The van der Waals surface area contributed by atoms with Crippen LogP contribution in [0.3, 0.4) is 0 Å². The number of amides is 1. The topological polar surface area (TPSA) is 49.3 Å². The van der Waals surface area contributed by atoms with Crippen LogP contribution in [-0.4, -0.2) is 11.0 Å². The van der Waals surface area contributed by atoms with Crippen LogP contribution in [0.4, 0.5) is 5.69 Å². The third kappa shape index (κ3) is 3.43. The molecule has 2 rings (SSSR count). The van der Waals surface area contributed by atoms with Gasteiger partial charge in [-0.3, -0.25) is 4.79 Å². The van der Waals surface area contributed by atoms with Crippen LogP contribution >= 0.6 is 0 Å². The van der Waals surface area contributed by atoms with Crippen molar-refractivity contribution < 1.29 is 9.90 Å². The van der Waals surface area contributed by atoms with E-state index in [1.165, 1.54) is 0 Å². The predicted molar refractivity (Wildman–Crippen MR) is 86.1 cm³/mol. The molecule has 0 heterocycles. The Morgan fingerprint density at radius 2 is 1.71 bits per heavy atom. The molecule has 1 amide bonds. The minimum atomic E-state index is -0.140. The number of hydrogen-bond acceptors (Lipinski definition) is 2. The van der Waals surface area contributed by atoms with Gasteiger partial charge >= 0.3 is 0 Å². The molecule has 0 aliphatic rings. The van der Waals surface area contributed by atoms with Crippen molar-refractivity contribution in [2.45, 2.75) is 33.6 Å². The van der Waals surface area contributed by atoms with Gasteiger partial charge in [-0.1, -0.05) is 31.5 Å². The van der Waals surface area contributed by atoms with Gasteiger partial charge in [0.1, 0.15) is 5.75 Å². The zero-order valence-electron chi connectivity index (χ0n) is 12.9. The average Bonchev–Trinajstić information content (AvgIpc) is 2.42. The minimum Gasteiger partial charge on any atom is -0.508 e. The molecule has 3 nitrogen and oxygen atoms in total. The summed E-state index contributed by atoms with van der Waals surface area (Å²) < 4.78 is 0. The Balaban J connectivity index is 2.28. The van der Waals surface area contributed by atoms with Crippen molar-refractivity contribution >= 4 is 11.6 Å². The van der Waals surface area contributed by atoms with E-state index in [1.54, 1.807) is 6.07 Å². The summed E-state index contributed by atoms with van der Waals surface area (Å²) in [6.07, 6.45) is 0. The lowest BCUT2D eigenvalue weighted by molar-refractivity contribution is 0.102. The normalized spacial score (nSPS) is 10.7. The van der Waals surface area contributed by atoms with Crippen LogP contribution in [0.25, 0.3) is 0 Å². The molecule has 110 valence electrons. The second-order valence-corrected chi connectivity index (χ2v) is 5.70. The van der Waals surface area contributed by atoms with E-state index >= 15 is 0 Å². The molecule has 2 aromatic rings. The summed E-state index contributed by atoms with van der Waals surface area (Å²) in [7, 11) is 0. The Kier molecular flexibility index (Phi) is 4.32. The Morgan fingerprint density at radius 3 is 2.29 bits per heavy atom. The first-order valence-corrected chi connectivity index (χ1v) is 7.10. The number of nitrogens with one attached hydrogen (secondary N) is 1. The zero-order valence-corrected chi connectivity index (χ0v) is 12.9. The fraction of sp³-hybridized carbons (Fsp3) is 0.278. The van der Waals surface area contributed by atoms with Gasteiger partial charge in [-0.05, 0) is 55.2 Å². The van der Waals surface area contributed by atoms with Crippen LogP contribution in [0.1, 0.15) is 46.8 Å². The molecule has 0 saturated carbocycles. The van der Waals surface area contributed by atoms with Crippen molar-refractivity contribution in [2.24, 2.45) is 0 Å². The number of rotatable bonds is 3. The lowest BCUT2D eigenvalue weighted by Gasteiger charge is -2.14. The van der Waals surface area contributed by atoms with Crippen LogP contribution in [-0.2, 0) is 0 Å². The molecule has 2 N–H and O–H groups in total. The third-order valence-corrected chi connectivity index (χ3v) is 3.56. The van der Waals surface area contributed by atoms with Gasteiger partial charge in [-0.2, -0.15) is 0 Å². The molecule has 0 radical (unpaired) electrons. The number of phenols is 1. The number of hydrogen-bond donors (Lipinski definition) is 2. The molecule has 21 heavy (non-hydrogen) atoms. The van der Waals surface area contributed by atoms with Gasteiger partial charge < -0.3 is 10.4 Å². The fourth-order valence-corrected chi connectivity index (χ4v) is 2.21. The highest BCUT2D eigenvalue weighted by atomic mass is 16.3. The van der Waals surface area contributed by atoms with Crippen molar-refractivity contribution in [1.29, 1.82) is 0 Å². The molecule has 0 saturated heterocycles. The number of carbonyl (C=O) groups excluding carboxylic acids is 1. The fourth-order valence-electron chi connectivity index (χ4n) is 2.21. The molecule has 0 bridgehead atoms. The van der Waals surface area contributed by atoms with Crippen molar-refractivity contribution in [3.05, 3.63) is 58.7 Å². The van der Waals surface area contributed by atoms with Crippen LogP contribution in [0.15, 0.2) is 36.4 Å². The van der Waals surface area contributed by atoms with Gasteiger partial charge in [-0.25, -0.2) is 0 Å². The standard InChI is InChI=1S/C18H21NO2/c1-11(2)15-10-16(13(4)9-17(15)20)19-18(21)14-7-5-12(3)6-8-14/h5-11,20H,1-4H3,(H,19,21). The molecular formula is C18H21NO2. The number of phenolic OH excluding ortho intramolecular Hbond substituents is 1. The van der Waals surface area contributed by atoms with E-state index in [-0.39, 0.29) is 17.6 Å². The SMILES string of the molecule is Cc1ccc(C(=O)Nc2cc(C(C)C)c(O)cc2C)cc1. The van der Waals surface area contributed by atoms with Gasteiger partial charge in [0.15, 0.2) is 0 Å². The van der Waals surface area contributed by atoms with Crippen molar-refractivity contribution in [1.82, 2.24) is 0 Å². The molecule has 0 unspecified atom stereocenters. The number of aryl methyl sites for hydroxylation is 2. The molecule has 0 atom stereocenters. The largest absolute Gasteiger partial charge is 0.508 e. The quantitative estimate of drug-likeness (QED) is 0.821. The lowest BCUT2D eigenvalue weighted by Crippen LogP contribution is -2.13. The molecular weight excluding hydrogens is 262 g/mol. The second kappa shape index (κ2) is 6.00. The number of carbonyl (C=O) groups is 1. The molecule has 0 spiro atoms. The highest BCUT2D eigenvalue weighted by molar-refractivity contribution is 6.04. The van der Waals surface area contributed by atoms with Gasteiger partial charge in [0.25, 0.3) is 5.91 Å². The van der Waals surface area contributed by atoms with E-state index in [0.717, 1.165) is 22.4 Å². The summed E-state index contributed by atoms with van der Waals surface area (Å²) in [5, 5.41) is 12.9. The first-order valence-electron chi connectivity index (χ1n) is 7.10. The summed E-state index contributed by atoms with van der Waals surface area (Å²) in [4.78, 5) is 12.3. The maximum atomic E-state index is 12.3. The van der Waals surface area contributed by atoms with E-state index in [1.807, 2.05) is 58.0 Å². The molecule has 0 aliphatic heterocycles. The summed E-state index contributed by atoms with van der Waals surface area (Å²) in [6.45, 7) is 7.88. The van der Waals surface area contributed by atoms with Gasteiger partial charge in [0.2, 0.25) is 0 Å². The highest BCUT2D eigenvalue weighted by Gasteiger charge is 2.12. The van der Waals surface area contributed by atoms with Gasteiger partial charge in [-0.15, -0.1) is 0 Å². The van der Waals surface area contributed by atoms with Gasteiger partial charge in [0.05, 0.1) is 0 Å². The third-order valence-electron chi connectivity index (χ3n) is 3.56. The van der Waals surface area contributed by atoms with Crippen LogP contribution in [0, 0.1) is 13.8 Å². The average molecular weight is 283 g/mol. The molecule has 0 fully saturated rings. The summed E-state index contributed by atoms with van der Waals surface area (Å²) in [5.41, 5.74) is 4.16. The Bertz CT molecular complexity index is 658. The summed E-state index contributed by atoms with van der Waals surface area (Å²) >= 11 is 0. The van der Waals surface area contributed by atoms with E-state index < -0.39 is 0 Å². The smallest absolute Gasteiger partial charge is 0.255 e. The first-order chi connectivity index (χ1) is 9.88. The number of aromatic hydroxyl groups is 1. The van der Waals surface area contributed by atoms with Crippen molar-refractivity contribution in [2.75, 3.05) is 5.32 Å². The second-order valence-electron chi connectivity index (χ2n) is 5.70. The van der Waals surface area contributed by atoms with E-state index in [0.29, 0.717) is 5.56 Å². The van der Waals surface area contributed by atoms with Gasteiger partial charge in [0, 0.05) is 11.3 Å². The van der Waals surface area contributed by atoms with Crippen LogP contribution in [0.2, 0.25) is 0 Å². The Labute approximate surface area is 125 Å². The summed E-state index contributed by atoms with van der Waals surface area (Å²) in [6, 6.07) is 11.0. The molecule has 0 aromatic heterocycles. The van der Waals surface area contributed by atoms with Crippen LogP contribution < -0.4 is 5.32 Å². The molecule has 2 aromatic carbocycles. The number of anilines is 1. The minimum absolute atomic E-state index is 0.140. The Hall–Kier alpha value is -2.29. The summed E-state index contributed by atoms with van der Waals surface area (Å²) in [5.74, 6) is 0.329. The first kappa shape index (κ1) is 15.1. The number of benzene rings is 2. The van der Waals surface area contributed by atoms with Crippen LogP contribution in [0.5, 0.6) is 5.75 Å². The predicted octanol–water partition coefficient (Wildman–Crippen LogP) is 4.38. The van der Waals surface area contributed by atoms with Crippen molar-refractivity contribution in [3.63, 3.8) is 0 Å². The van der Waals surface area contributed by atoms with E-state index in [9.17, 15) is 9.90 Å². The van der Waals surface area contributed by atoms with Crippen molar-refractivity contribution in [3.8, 4) is 5.75 Å². The molecule has 3 heteroatoms. The zero-order chi connectivity index (χ0) is 15.6. The monoisotopic (exact) mass is 283 g/mol. The van der Waals surface area contributed by atoms with E-state index in [4.69, 9.17) is 0 Å². The maximum absolute atomic E-state index is 12.3. The molecule has 0 aliphatic carbocycles. The highest BCUT2D eigenvalue weighted by Crippen LogP contribution is 2.31. The lowest BCUT2D eigenvalue weighted by atomic mass is 9.99.